The summed E-state index contributed by atoms with van der Waals surface area (Å²) in [5.41, 5.74) is 0.528. The van der Waals surface area contributed by atoms with Crippen molar-refractivity contribution in [3.8, 4) is 6.07 Å². The van der Waals surface area contributed by atoms with Gasteiger partial charge in [0, 0.05) is 0 Å². The van der Waals surface area contributed by atoms with E-state index < -0.39 is 0 Å². The van der Waals surface area contributed by atoms with Gasteiger partial charge in [-0.05, 0) is 0 Å². The number of halogens is 1. The van der Waals surface area contributed by atoms with Crippen molar-refractivity contribution < 1.29 is 0 Å². The molecule has 0 bridgehead atoms. The van der Waals surface area contributed by atoms with Crippen LogP contribution in [0.1, 0.15) is 5.56 Å². The van der Waals surface area contributed by atoms with Gasteiger partial charge in [0.05, 0.1) is 0 Å². The standard InChI is InChI=1S/C7H3AsClN/c8-6-1-2-7(9)5(3-6)4-10/h1-3H. The van der Waals surface area contributed by atoms with Gasteiger partial charge in [-0.1, -0.05) is 0 Å². The van der Waals surface area contributed by atoms with E-state index in [-0.39, 0.29) is 0 Å². The maximum atomic E-state index is 8.50. The van der Waals surface area contributed by atoms with Gasteiger partial charge in [0.1, 0.15) is 0 Å². The minimum absolute atomic E-state index is 0.511. The summed E-state index contributed by atoms with van der Waals surface area (Å²) >= 11 is 8.03. The van der Waals surface area contributed by atoms with Crippen LogP contribution in [0.5, 0.6) is 0 Å². The van der Waals surface area contributed by atoms with E-state index in [0.29, 0.717) is 10.6 Å². The number of rotatable bonds is 0. The average Bonchev–Trinajstić information content (AvgIpc) is 1.94. The summed E-state index contributed by atoms with van der Waals surface area (Å²) in [6, 6.07) is 7.30. The van der Waals surface area contributed by atoms with Crippen LogP contribution >= 0.6 is 11.6 Å². The van der Waals surface area contributed by atoms with Gasteiger partial charge < -0.3 is 0 Å². The molecule has 1 aromatic rings. The van der Waals surface area contributed by atoms with Crippen LogP contribution in [0.3, 0.4) is 0 Å². The van der Waals surface area contributed by atoms with Gasteiger partial charge in [-0.3, -0.25) is 0 Å². The van der Waals surface area contributed by atoms with E-state index in [1.165, 1.54) is 0 Å². The Labute approximate surface area is 73.1 Å². The molecule has 0 aliphatic carbocycles. The molecule has 0 amide bonds. The second-order valence-corrected chi connectivity index (χ2v) is 3.27. The molecule has 0 N–H and O–H groups in total. The van der Waals surface area contributed by atoms with E-state index in [2.05, 4.69) is 16.9 Å². The summed E-state index contributed by atoms with van der Waals surface area (Å²) in [5.74, 6) is 0. The molecule has 2 radical (unpaired) electrons. The Morgan fingerprint density at radius 2 is 2.20 bits per heavy atom. The van der Waals surface area contributed by atoms with E-state index in [9.17, 15) is 0 Å². The second kappa shape index (κ2) is 3.10. The SMILES string of the molecule is N#Cc1cc([As])ccc1Cl. The molecule has 0 fully saturated rings. The Morgan fingerprint density at radius 1 is 1.50 bits per heavy atom. The molecule has 0 unspecified atom stereocenters. The van der Waals surface area contributed by atoms with Crippen LogP contribution in [0.15, 0.2) is 18.2 Å². The number of nitriles is 1. The van der Waals surface area contributed by atoms with Crippen molar-refractivity contribution in [1.82, 2.24) is 0 Å². The second-order valence-electron chi connectivity index (χ2n) is 1.78. The third kappa shape index (κ3) is 1.53. The molecular weight excluding hydrogens is 208 g/mol. The van der Waals surface area contributed by atoms with E-state index in [1.807, 2.05) is 12.1 Å². The molecule has 1 nitrogen and oxygen atoms in total. The molecule has 1 aromatic carbocycles. The zero-order valence-electron chi connectivity index (χ0n) is 5.00. The predicted molar refractivity (Wildman–Crippen MR) is 41.6 cm³/mol. The van der Waals surface area contributed by atoms with Crippen LogP contribution in [0.2, 0.25) is 5.02 Å². The van der Waals surface area contributed by atoms with Gasteiger partial charge >= 0.3 is 72.9 Å². The van der Waals surface area contributed by atoms with E-state index in [0.717, 1.165) is 4.35 Å². The van der Waals surface area contributed by atoms with Crippen molar-refractivity contribution in [1.29, 1.82) is 5.26 Å². The Balaban J connectivity index is 3.25. The minimum atomic E-state index is 0.511. The van der Waals surface area contributed by atoms with Gasteiger partial charge in [0.25, 0.3) is 0 Å². The summed E-state index contributed by atoms with van der Waals surface area (Å²) in [6.45, 7) is 0. The quantitative estimate of drug-likeness (QED) is 0.588. The average molecular weight is 211 g/mol. The zero-order chi connectivity index (χ0) is 7.56. The van der Waals surface area contributed by atoms with Crippen LogP contribution in [0.4, 0.5) is 0 Å². The number of benzene rings is 1. The van der Waals surface area contributed by atoms with Crippen LogP contribution in [0.25, 0.3) is 0 Å². The van der Waals surface area contributed by atoms with Crippen molar-refractivity contribution in [2.24, 2.45) is 0 Å². The van der Waals surface area contributed by atoms with Gasteiger partial charge in [-0.15, -0.1) is 0 Å². The van der Waals surface area contributed by atoms with Gasteiger partial charge in [0.15, 0.2) is 0 Å². The third-order valence-corrected chi connectivity index (χ3v) is 1.98. The maximum absolute atomic E-state index is 8.50. The summed E-state index contributed by atoms with van der Waals surface area (Å²) < 4.78 is 0.994. The number of hydrogen-bond donors (Lipinski definition) is 0. The van der Waals surface area contributed by atoms with Crippen LogP contribution in [-0.2, 0) is 0 Å². The summed E-state index contributed by atoms with van der Waals surface area (Å²) in [4.78, 5) is 0. The van der Waals surface area contributed by atoms with Crippen molar-refractivity contribution in [2.45, 2.75) is 0 Å². The fraction of sp³-hybridized carbons (Fsp3) is 0. The first kappa shape index (κ1) is 7.66. The molecule has 0 spiro atoms. The van der Waals surface area contributed by atoms with Crippen LogP contribution in [-0.4, -0.2) is 16.9 Å². The van der Waals surface area contributed by atoms with Crippen molar-refractivity contribution in [2.75, 3.05) is 0 Å². The van der Waals surface area contributed by atoms with Crippen molar-refractivity contribution in [3.63, 3.8) is 0 Å². The normalized spacial score (nSPS) is 8.90. The van der Waals surface area contributed by atoms with E-state index in [1.54, 1.807) is 12.1 Å². The number of nitrogens with zero attached hydrogens (tertiary/aromatic N) is 1. The summed E-state index contributed by atoms with van der Waals surface area (Å²) in [5, 5.41) is 9.01. The molecule has 0 saturated carbocycles. The monoisotopic (exact) mass is 211 g/mol. The van der Waals surface area contributed by atoms with Crippen molar-refractivity contribution >= 4 is 32.8 Å². The molecule has 0 atom stereocenters. The van der Waals surface area contributed by atoms with Gasteiger partial charge in [-0.25, -0.2) is 0 Å². The Kier molecular flexibility index (Phi) is 2.38. The first-order valence-corrected chi connectivity index (χ1v) is 3.94. The predicted octanol–water partition coefficient (Wildman–Crippen LogP) is 1.01. The Bertz CT molecular complexity index is 290. The fourth-order valence-electron chi connectivity index (χ4n) is 0.599. The van der Waals surface area contributed by atoms with Gasteiger partial charge in [-0.2, -0.15) is 0 Å². The third-order valence-electron chi connectivity index (χ3n) is 1.07. The zero-order valence-corrected chi connectivity index (χ0v) is 7.64. The van der Waals surface area contributed by atoms with E-state index in [4.69, 9.17) is 16.9 Å². The molecule has 0 aliphatic heterocycles. The van der Waals surface area contributed by atoms with Crippen LogP contribution in [0, 0.1) is 11.3 Å². The first-order valence-electron chi connectivity index (χ1n) is 2.62. The molecule has 3 heteroatoms. The topological polar surface area (TPSA) is 23.8 Å². The fourth-order valence-corrected chi connectivity index (χ4v) is 1.19. The Hall–Kier alpha value is -0.442. The number of hydrogen-bond acceptors (Lipinski definition) is 1. The van der Waals surface area contributed by atoms with Crippen LogP contribution < -0.4 is 4.35 Å². The molecule has 0 saturated heterocycles. The molecule has 10 heavy (non-hydrogen) atoms. The summed E-state index contributed by atoms with van der Waals surface area (Å²) in [7, 11) is 0. The van der Waals surface area contributed by atoms with Crippen molar-refractivity contribution in [3.05, 3.63) is 28.8 Å². The molecule has 1 rings (SSSR count). The first-order chi connectivity index (χ1) is 4.74. The van der Waals surface area contributed by atoms with Gasteiger partial charge in [0.2, 0.25) is 0 Å². The molecular formula is C7H3AsClN. The summed E-state index contributed by atoms with van der Waals surface area (Å²) in [6.07, 6.45) is 0. The molecule has 48 valence electrons. The molecule has 0 heterocycles. The Morgan fingerprint density at radius 3 is 2.70 bits per heavy atom. The molecule has 0 aromatic heterocycles. The van der Waals surface area contributed by atoms with E-state index >= 15 is 0 Å². The molecule has 0 aliphatic rings.